The van der Waals surface area contributed by atoms with Crippen molar-refractivity contribution in [3.8, 4) is 22.0 Å². The summed E-state index contributed by atoms with van der Waals surface area (Å²) in [6.45, 7) is -0.181. The smallest absolute Gasteiger partial charge is 0.141 e. The van der Waals surface area contributed by atoms with Crippen LogP contribution in [-0.4, -0.2) is 20.1 Å². The van der Waals surface area contributed by atoms with Crippen molar-refractivity contribution in [3.05, 3.63) is 47.5 Å². The van der Waals surface area contributed by atoms with E-state index >= 15 is 0 Å². The lowest BCUT2D eigenvalue weighted by Crippen LogP contribution is -1.84. The molecule has 2 heterocycles. The largest absolute Gasteiger partial charge is 0.388 e. The van der Waals surface area contributed by atoms with E-state index in [2.05, 4.69) is 15.0 Å². The highest BCUT2D eigenvalue weighted by Gasteiger charge is 2.15. The first-order valence-corrected chi connectivity index (χ1v) is 6.51. The molecule has 2 N–H and O–H groups in total. The van der Waals surface area contributed by atoms with Crippen LogP contribution in [0.5, 0.6) is 0 Å². The van der Waals surface area contributed by atoms with Crippen LogP contribution >= 0.6 is 11.3 Å². The van der Waals surface area contributed by atoms with Crippen molar-refractivity contribution in [2.24, 2.45) is 0 Å². The summed E-state index contributed by atoms with van der Waals surface area (Å²) in [4.78, 5) is 11.6. The second kappa shape index (κ2) is 4.91. The van der Waals surface area contributed by atoms with Gasteiger partial charge in [-0.3, -0.25) is 0 Å². The topological polar surface area (TPSA) is 61.8 Å². The molecule has 2 aromatic heterocycles. The molecule has 6 heteroatoms. The van der Waals surface area contributed by atoms with E-state index in [1.54, 1.807) is 18.3 Å². The molecule has 0 saturated carbocycles. The highest BCUT2D eigenvalue weighted by atomic mass is 32.1. The number of rotatable bonds is 3. The van der Waals surface area contributed by atoms with Crippen LogP contribution in [0.25, 0.3) is 22.0 Å². The van der Waals surface area contributed by atoms with Crippen LogP contribution in [-0.2, 0) is 6.61 Å². The van der Waals surface area contributed by atoms with E-state index < -0.39 is 0 Å². The quantitative estimate of drug-likeness (QED) is 0.772. The number of aliphatic hydroxyl groups excluding tert-OH is 1. The SMILES string of the molecule is OCc1nc(-c2ccc(F)cc2)c(-c2nccs2)[nH]1. The summed E-state index contributed by atoms with van der Waals surface area (Å²) in [5.41, 5.74) is 2.19. The summed E-state index contributed by atoms with van der Waals surface area (Å²) in [7, 11) is 0. The first kappa shape index (κ1) is 12.0. The fourth-order valence-electron chi connectivity index (χ4n) is 1.82. The summed E-state index contributed by atoms with van der Waals surface area (Å²) < 4.78 is 13.0. The van der Waals surface area contributed by atoms with E-state index in [-0.39, 0.29) is 12.4 Å². The molecule has 0 aliphatic heterocycles. The van der Waals surface area contributed by atoms with Gasteiger partial charge in [0.25, 0.3) is 0 Å². The maximum Gasteiger partial charge on any atom is 0.141 e. The lowest BCUT2D eigenvalue weighted by Gasteiger charge is -1.99. The van der Waals surface area contributed by atoms with Crippen molar-refractivity contribution >= 4 is 11.3 Å². The van der Waals surface area contributed by atoms with Gasteiger partial charge in [0, 0.05) is 17.1 Å². The third kappa shape index (κ3) is 2.27. The number of aromatic amines is 1. The fourth-order valence-corrected chi connectivity index (χ4v) is 2.45. The van der Waals surface area contributed by atoms with E-state index in [0.717, 1.165) is 16.3 Å². The molecular formula is C13H10FN3OS. The number of imidazole rings is 1. The molecule has 0 atom stereocenters. The summed E-state index contributed by atoms with van der Waals surface area (Å²) in [6, 6.07) is 6.08. The van der Waals surface area contributed by atoms with Crippen LogP contribution in [0.1, 0.15) is 5.82 Å². The Balaban J connectivity index is 2.14. The predicted molar refractivity (Wildman–Crippen MR) is 71.0 cm³/mol. The van der Waals surface area contributed by atoms with Gasteiger partial charge in [0.1, 0.15) is 29.0 Å². The number of halogens is 1. The summed E-state index contributed by atoms with van der Waals surface area (Å²) in [6.07, 6.45) is 1.70. The molecule has 3 rings (SSSR count). The molecule has 4 nitrogen and oxygen atoms in total. The molecule has 0 amide bonds. The van der Waals surface area contributed by atoms with Crippen LogP contribution in [0.3, 0.4) is 0 Å². The van der Waals surface area contributed by atoms with E-state index in [9.17, 15) is 9.50 Å². The van der Waals surface area contributed by atoms with Gasteiger partial charge >= 0.3 is 0 Å². The summed E-state index contributed by atoms with van der Waals surface area (Å²) in [5.74, 6) is 0.169. The van der Waals surface area contributed by atoms with Gasteiger partial charge in [-0.2, -0.15) is 0 Å². The van der Waals surface area contributed by atoms with E-state index in [4.69, 9.17) is 0 Å². The van der Waals surface area contributed by atoms with E-state index in [0.29, 0.717) is 11.5 Å². The van der Waals surface area contributed by atoms with Crippen molar-refractivity contribution in [2.75, 3.05) is 0 Å². The number of H-pyrrole nitrogens is 1. The number of aliphatic hydroxyl groups is 1. The van der Waals surface area contributed by atoms with Crippen molar-refractivity contribution < 1.29 is 9.50 Å². The number of nitrogens with one attached hydrogen (secondary N) is 1. The number of hydrogen-bond acceptors (Lipinski definition) is 4. The van der Waals surface area contributed by atoms with E-state index in [1.807, 2.05) is 5.38 Å². The van der Waals surface area contributed by atoms with Gasteiger partial charge in [-0.25, -0.2) is 14.4 Å². The minimum Gasteiger partial charge on any atom is -0.388 e. The van der Waals surface area contributed by atoms with Crippen molar-refractivity contribution in [1.82, 2.24) is 15.0 Å². The lowest BCUT2D eigenvalue weighted by molar-refractivity contribution is 0.272. The molecule has 0 unspecified atom stereocenters. The van der Waals surface area contributed by atoms with Gasteiger partial charge in [-0.05, 0) is 24.3 Å². The number of benzene rings is 1. The van der Waals surface area contributed by atoms with Gasteiger partial charge in [-0.15, -0.1) is 11.3 Å². The van der Waals surface area contributed by atoms with Gasteiger partial charge in [0.05, 0.1) is 5.69 Å². The molecule has 0 radical (unpaired) electrons. The number of nitrogens with zero attached hydrogens (tertiary/aromatic N) is 2. The molecular weight excluding hydrogens is 265 g/mol. The molecule has 0 bridgehead atoms. The van der Waals surface area contributed by atoms with Crippen LogP contribution in [0.4, 0.5) is 4.39 Å². The second-order valence-corrected chi connectivity index (χ2v) is 4.80. The summed E-state index contributed by atoms with van der Waals surface area (Å²) in [5, 5.41) is 11.8. The predicted octanol–water partition coefficient (Wildman–Crippen LogP) is 2.83. The van der Waals surface area contributed by atoms with Crippen LogP contribution in [0, 0.1) is 5.82 Å². The molecule has 0 aliphatic rings. The number of thiazole rings is 1. The van der Waals surface area contributed by atoms with Crippen molar-refractivity contribution in [1.29, 1.82) is 0 Å². The Morgan fingerprint density at radius 2 is 2.05 bits per heavy atom. The Hall–Kier alpha value is -2.05. The second-order valence-electron chi connectivity index (χ2n) is 3.91. The van der Waals surface area contributed by atoms with Crippen LogP contribution < -0.4 is 0 Å². The zero-order chi connectivity index (χ0) is 13.2. The molecule has 0 spiro atoms. The molecule has 19 heavy (non-hydrogen) atoms. The highest BCUT2D eigenvalue weighted by Crippen LogP contribution is 2.31. The standard InChI is InChI=1S/C13H10FN3OS/c14-9-3-1-8(2-4-9)11-12(13-15-5-6-19-13)17-10(7-18)16-11/h1-6,18H,7H2,(H,16,17). The first-order chi connectivity index (χ1) is 9.28. The molecule has 1 aromatic carbocycles. The molecule has 0 saturated heterocycles. The Bertz CT molecular complexity index is 676. The first-order valence-electron chi connectivity index (χ1n) is 5.63. The molecule has 3 aromatic rings. The zero-order valence-electron chi connectivity index (χ0n) is 9.80. The average molecular weight is 275 g/mol. The number of hydrogen-bond donors (Lipinski definition) is 2. The Morgan fingerprint density at radius 1 is 1.26 bits per heavy atom. The maximum absolute atomic E-state index is 13.0. The normalized spacial score (nSPS) is 10.8. The minimum absolute atomic E-state index is 0.181. The minimum atomic E-state index is -0.294. The third-order valence-electron chi connectivity index (χ3n) is 2.67. The third-order valence-corrected chi connectivity index (χ3v) is 3.46. The van der Waals surface area contributed by atoms with E-state index in [1.165, 1.54) is 23.5 Å². The Kier molecular flexibility index (Phi) is 3.10. The van der Waals surface area contributed by atoms with Crippen LogP contribution in [0.15, 0.2) is 35.8 Å². The van der Waals surface area contributed by atoms with Gasteiger partial charge < -0.3 is 10.1 Å². The monoisotopic (exact) mass is 275 g/mol. The molecule has 96 valence electrons. The van der Waals surface area contributed by atoms with Crippen molar-refractivity contribution in [3.63, 3.8) is 0 Å². The average Bonchev–Trinajstić information content (AvgIpc) is 3.08. The maximum atomic E-state index is 13.0. The van der Waals surface area contributed by atoms with Crippen molar-refractivity contribution in [2.45, 2.75) is 6.61 Å². The number of aromatic nitrogens is 3. The highest BCUT2D eigenvalue weighted by molar-refractivity contribution is 7.13. The van der Waals surface area contributed by atoms with Gasteiger partial charge in [0.2, 0.25) is 0 Å². The summed E-state index contributed by atoms with van der Waals surface area (Å²) >= 11 is 1.47. The zero-order valence-corrected chi connectivity index (χ0v) is 10.6. The molecule has 0 aliphatic carbocycles. The molecule has 0 fully saturated rings. The fraction of sp³-hybridized carbons (Fsp3) is 0.0769. The van der Waals surface area contributed by atoms with Gasteiger partial charge in [-0.1, -0.05) is 0 Å². The lowest BCUT2D eigenvalue weighted by atomic mass is 10.1. The van der Waals surface area contributed by atoms with Crippen LogP contribution in [0.2, 0.25) is 0 Å². The van der Waals surface area contributed by atoms with Gasteiger partial charge in [0.15, 0.2) is 0 Å². The Morgan fingerprint density at radius 3 is 2.68 bits per heavy atom. The Labute approximate surface area is 112 Å².